The van der Waals surface area contributed by atoms with Gasteiger partial charge in [0.2, 0.25) is 0 Å². The average molecular weight is 453 g/mol. The summed E-state index contributed by atoms with van der Waals surface area (Å²) in [5.74, 6) is -0.538. The van der Waals surface area contributed by atoms with E-state index in [4.69, 9.17) is 4.74 Å². The van der Waals surface area contributed by atoms with E-state index in [-0.39, 0.29) is 30.2 Å². The number of benzene rings is 3. The molecule has 3 aromatic carbocycles. The number of ketones is 3. The standard InChI is InChI=1S/C29H24O5/c1-4-25(30)17-20-6-10-22(11-7-20)28(32)24-14-15-27(19(3)16-24)34-29(33)23-12-8-21(9-13-23)18-26(31)5-2/h4-16H,1-2,17-18H2,3H3. The molecule has 5 nitrogen and oxygen atoms in total. The molecule has 0 aliphatic carbocycles. The summed E-state index contributed by atoms with van der Waals surface area (Å²) < 4.78 is 5.50. The zero-order valence-electron chi connectivity index (χ0n) is 18.9. The fourth-order valence-corrected chi connectivity index (χ4v) is 3.31. The fourth-order valence-electron chi connectivity index (χ4n) is 3.31. The minimum absolute atomic E-state index is 0.0847. The first-order valence-corrected chi connectivity index (χ1v) is 10.7. The fraction of sp³-hybridized carbons (Fsp3) is 0.103. The highest BCUT2D eigenvalue weighted by Crippen LogP contribution is 2.22. The summed E-state index contributed by atoms with van der Waals surface area (Å²) in [6.07, 6.45) is 3.01. The van der Waals surface area contributed by atoms with E-state index in [9.17, 15) is 19.2 Å². The van der Waals surface area contributed by atoms with Crippen LogP contribution in [0.5, 0.6) is 5.75 Å². The molecule has 0 radical (unpaired) electrons. The quantitative estimate of drug-likeness (QED) is 0.186. The van der Waals surface area contributed by atoms with Gasteiger partial charge in [0.25, 0.3) is 0 Å². The molecule has 0 amide bonds. The number of ether oxygens (including phenoxy) is 1. The van der Waals surface area contributed by atoms with Crippen LogP contribution in [0.25, 0.3) is 0 Å². The maximum Gasteiger partial charge on any atom is 0.343 e. The van der Waals surface area contributed by atoms with Crippen LogP contribution >= 0.6 is 0 Å². The van der Waals surface area contributed by atoms with Gasteiger partial charge in [0.05, 0.1) is 5.56 Å². The highest BCUT2D eigenvalue weighted by molar-refractivity contribution is 6.09. The Morgan fingerprint density at radius 1 is 0.706 bits per heavy atom. The number of aryl methyl sites for hydroxylation is 1. The van der Waals surface area contributed by atoms with Crippen molar-refractivity contribution < 1.29 is 23.9 Å². The molecule has 3 rings (SSSR count). The summed E-state index contributed by atoms with van der Waals surface area (Å²) in [4.78, 5) is 48.3. The van der Waals surface area contributed by atoms with Gasteiger partial charge in [-0.05, 0) is 66.1 Å². The number of allylic oxidation sites excluding steroid dienone is 2. The molecular weight excluding hydrogens is 428 g/mol. The molecule has 170 valence electrons. The van der Waals surface area contributed by atoms with Gasteiger partial charge >= 0.3 is 5.97 Å². The molecule has 0 atom stereocenters. The molecule has 0 saturated heterocycles. The monoisotopic (exact) mass is 452 g/mol. The summed E-state index contributed by atoms with van der Waals surface area (Å²) in [7, 11) is 0. The normalized spacial score (nSPS) is 10.3. The van der Waals surface area contributed by atoms with E-state index in [1.54, 1.807) is 73.7 Å². The lowest BCUT2D eigenvalue weighted by Gasteiger charge is -2.10. The maximum atomic E-state index is 12.9. The SMILES string of the molecule is C=CC(=O)Cc1ccc(C(=O)Oc2ccc(C(=O)c3ccc(CC(=O)C=C)cc3)cc2C)cc1. The Kier molecular flexibility index (Phi) is 7.83. The molecule has 0 N–H and O–H groups in total. The van der Waals surface area contributed by atoms with Crippen LogP contribution in [0.3, 0.4) is 0 Å². The van der Waals surface area contributed by atoms with Crippen molar-refractivity contribution in [2.24, 2.45) is 0 Å². The molecule has 0 aromatic heterocycles. The molecule has 0 bridgehead atoms. The van der Waals surface area contributed by atoms with E-state index >= 15 is 0 Å². The Balaban J connectivity index is 1.68. The second-order valence-corrected chi connectivity index (χ2v) is 7.79. The highest BCUT2D eigenvalue weighted by Gasteiger charge is 2.14. The van der Waals surface area contributed by atoms with Gasteiger partial charge in [0.15, 0.2) is 17.3 Å². The van der Waals surface area contributed by atoms with Crippen LogP contribution in [-0.4, -0.2) is 23.3 Å². The van der Waals surface area contributed by atoms with Crippen molar-refractivity contribution in [2.75, 3.05) is 0 Å². The Morgan fingerprint density at radius 2 is 1.18 bits per heavy atom. The average Bonchev–Trinajstić information content (AvgIpc) is 2.85. The van der Waals surface area contributed by atoms with Crippen molar-refractivity contribution >= 4 is 23.3 Å². The Morgan fingerprint density at radius 3 is 1.65 bits per heavy atom. The zero-order valence-corrected chi connectivity index (χ0v) is 18.9. The van der Waals surface area contributed by atoms with Gasteiger partial charge in [-0.3, -0.25) is 14.4 Å². The lowest BCUT2D eigenvalue weighted by Crippen LogP contribution is -2.10. The molecular formula is C29H24O5. The van der Waals surface area contributed by atoms with Crippen molar-refractivity contribution in [1.82, 2.24) is 0 Å². The third-order valence-electron chi connectivity index (χ3n) is 5.26. The lowest BCUT2D eigenvalue weighted by molar-refractivity contribution is -0.114. The maximum absolute atomic E-state index is 12.9. The topological polar surface area (TPSA) is 77.5 Å². The lowest BCUT2D eigenvalue weighted by atomic mass is 9.99. The number of hydrogen-bond acceptors (Lipinski definition) is 5. The van der Waals surface area contributed by atoms with Gasteiger partial charge in [-0.1, -0.05) is 49.6 Å². The molecule has 0 saturated carbocycles. The molecule has 0 heterocycles. The predicted molar refractivity (Wildman–Crippen MR) is 130 cm³/mol. The van der Waals surface area contributed by atoms with Crippen molar-refractivity contribution in [1.29, 1.82) is 0 Å². The van der Waals surface area contributed by atoms with E-state index in [1.807, 2.05) is 0 Å². The highest BCUT2D eigenvalue weighted by atomic mass is 16.5. The summed E-state index contributed by atoms with van der Waals surface area (Å²) in [5, 5.41) is 0. The third-order valence-corrected chi connectivity index (χ3v) is 5.26. The van der Waals surface area contributed by atoms with Gasteiger partial charge in [-0.25, -0.2) is 4.79 Å². The van der Waals surface area contributed by atoms with Crippen LogP contribution in [0.2, 0.25) is 0 Å². The van der Waals surface area contributed by atoms with Crippen molar-refractivity contribution in [3.63, 3.8) is 0 Å². The zero-order chi connectivity index (χ0) is 24.7. The first kappa shape index (κ1) is 24.3. The number of carbonyl (C=O) groups is 4. The van der Waals surface area contributed by atoms with Gasteiger partial charge in [0.1, 0.15) is 5.75 Å². The van der Waals surface area contributed by atoms with Crippen molar-refractivity contribution in [3.05, 3.63) is 125 Å². The van der Waals surface area contributed by atoms with Crippen LogP contribution in [-0.2, 0) is 22.4 Å². The molecule has 3 aromatic rings. The number of esters is 1. The summed E-state index contributed by atoms with van der Waals surface area (Å²) in [6, 6.07) is 18.3. The van der Waals surface area contributed by atoms with E-state index in [0.29, 0.717) is 28.0 Å². The minimum atomic E-state index is -0.534. The van der Waals surface area contributed by atoms with Crippen LogP contribution in [0.15, 0.2) is 92.0 Å². The van der Waals surface area contributed by atoms with Crippen molar-refractivity contribution in [2.45, 2.75) is 19.8 Å². The van der Waals surface area contributed by atoms with E-state index < -0.39 is 5.97 Å². The van der Waals surface area contributed by atoms with Crippen LogP contribution < -0.4 is 4.74 Å². The first-order chi connectivity index (χ1) is 16.3. The molecule has 0 aliphatic heterocycles. The Bertz CT molecular complexity index is 1260. The largest absolute Gasteiger partial charge is 0.423 e. The van der Waals surface area contributed by atoms with E-state index in [2.05, 4.69) is 13.2 Å². The number of hydrogen-bond donors (Lipinski definition) is 0. The summed E-state index contributed by atoms with van der Waals surface area (Å²) in [6.45, 7) is 8.66. The Labute approximate surface area is 198 Å². The first-order valence-electron chi connectivity index (χ1n) is 10.7. The minimum Gasteiger partial charge on any atom is -0.423 e. The van der Waals surface area contributed by atoms with Gasteiger partial charge in [0, 0.05) is 24.0 Å². The molecule has 5 heteroatoms. The second kappa shape index (κ2) is 11.0. The predicted octanol–water partition coefficient (Wildman–Crippen LogP) is 5.04. The smallest absolute Gasteiger partial charge is 0.343 e. The van der Waals surface area contributed by atoms with Gasteiger partial charge < -0.3 is 4.74 Å². The molecule has 0 unspecified atom stereocenters. The molecule has 0 aliphatic rings. The van der Waals surface area contributed by atoms with Gasteiger partial charge in [-0.15, -0.1) is 0 Å². The van der Waals surface area contributed by atoms with Crippen LogP contribution in [0.4, 0.5) is 0 Å². The van der Waals surface area contributed by atoms with E-state index in [0.717, 1.165) is 11.1 Å². The van der Waals surface area contributed by atoms with E-state index in [1.165, 1.54) is 12.2 Å². The summed E-state index contributed by atoms with van der Waals surface area (Å²) >= 11 is 0. The molecule has 0 fully saturated rings. The number of carbonyl (C=O) groups excluding carboxylic acids is 4. The third kappa shape index (κ3) is 6.11. The van der Waals surface area contributed by atoms with Crippen LogP contribution in [0.1, 0.15) is 43.0 Å². The van der Waals surface area contributed by atoms with Gasteiger partial charge in [-0.2, -0.15) is 0 Å². The van der Waals surface area contributed by atoms with Crippen LogP contribution in [0, 0.1) is 6.92 Å². The summed E-state index contributed by atoms with van der Waals surface area (Å²) in [5.41, 5.74) is 3.53. The second-order valence-electron chi connectivity index (χ2n) is 7.79. The molecule has 34 heavy (non-hydrogen) atoms. The number of rotatable bonds is 10. The Hall–Kier alpha value is -4.38. The molecule has 0 spiro atoms. The van der Waals surface area contributed by atoms with Crippen molar-refractivity contribution in [3.8, 4) is 5.75 Å².